The Labute approximate surface area is 640 Å². The van der Waals surface area contributed by atoms with E-state index in [1.165, 1.54) is 89.9 Å². The van der Waals surface area contributed by atoms with Crippen molar-refractivity contribution in [2.75, 3.05) is 31.3 Å². The van der Waals surface area contributed by atoms with E-state index < -0.39 is 133 Å². The predicted octanol–water partition coefficient (Wildman–Crippen LogP) is 5.82. The average Bonchev–Trinajstić information content (AvgIpc) is 1.55. The van der Waals surface area contributed by atoms with E-state index in [9.17, 15) is 65.4 Å². The number of imide groups is 1. The van der Waals surface area contributed by atoms with Gasteiger partial charge in [-0.05, 0) is 127 Å². The first kappa shape index (κ1) is 93.2. The second-order valence-electron chi connectivity index (χ2n) is 26.3. The minimum atomic E-state index is -1.89. The normalized spacial score (nSPS) is 22.7. The SMILES string of the molecule is C#CCCCCN1C(=O)C(SCC2O[C@H](OC[C@H](NC(=O)C#CC#CC#CC#CC#CC#CC#CC#CC#CC#CC#CC#CC)[C@H](O)[C@H](O)CCCCCCCCCCCCCC)C(O)[C@@H](O)[C@H]2O)C(SCC2O[C@H](OC[C@H](C)[C@H](O)[C@H](O)CCCCCCCCCCCCCC)C(O)[C@@H](O)[C@H]2O)C1=O. The van der Waals surface area contributed by atoms with E-state index in [2.05, 4.69) is 167 Å². The van der Waals surface area contributed by atoms with Crippen LogP contribution in [0.5, 0.6) is 0 Å². The van der Waals surface area contributed by atoms with Crippen LogP contribution in [0, 0.1) is 160 Å². The number of aliphatic hydroxyl groups excluding tert-OH is 10. The molecule has 6 unspecified atom stereocenters. The van der Waals surface area contributed by atoms with Crippen molar-refractivity contribution in [3.05, 3.63) is 0 Å². The van der Waals surface area contributed by atoms with E-state index in [-0.39, 0.29) is 31.1 Å². The monoisotopic (exact) mass is 1490 g/mol. The molecule has 0 saturated carbocycles. The predicted molar refractivity (Wildman–Crippen MR) is 413 cm³/mol. The molecule has 574 valence electrons. The Balaban J connectivity index is 1.71. The van der Waals surface area contributed by atoms with Crippen LogP contribution in [0.25, 0.3) is 0 Å². The molecule has 0 aromatic rings. The van der Waals surface area contributed by atoms with Gasteiger partial charge in [0, 0.05) is 71.8 Å². The third-order valence-corrected chi connectivity index (χ3v) is 20.7. The number of hydrogen-bond acceptors (Lipinski definition) is 19. The smallest absolute Gasteiger partial charge is 0.297 e. The molecule has 0 spiro atoms. The maximum Gasteiger partial charge on any atom is 0.297 e. The van der Waals surface area contributed by atoms with Crippen LogP contribution < -0.4 is 5.32 Å². The lowest BCUT2D eigenvalue weighted by Crippen LogP contribution is -2.60. The number of thioether (sulfide) groups is 2. The quantitative estimate of drug-likeness (QED) is 0.0194. The van der Waals surface area contributed by atoms with Gasteiger partial charge in [-0.1, -0.05) is 181 Å². The van der Waals surface area contributed by atoms with E-state index in [1.54, 1.807) is 13.8 Å². The molecule has 3 aliphatic heterocycles. The number of ether oxygens (including phenoxy) is 4. The van der Waals surface area contributed by atoms with Gasteiger partial charge in [0.15, 0.2) is 12.6 Å². The van der Waals surface area contributed by atoms with Gasteiger partial charge in [-0.15, -0.1) is 35.9 Å². The van der Waals surface area contributed by atoms with Gasteiger partial charge in [0.05, 0.1) is 49.8 Å². The molecule has 0 aromatic carbocycles. The maximum atomic E-state index is 14.3. The van der Waals surface area contributed by atoms with Crippen molar-refractivity contribution in [2.45, 2.75) is 316 Å². The summed E-state index contributed by atoms with van der Waals surface area (Å²) < 4.78 is 23.9. The lowest BCUT2D eigenvalue weighted by atomic mass is 9.96. The summed E-state index contributed by atoms with van der Waals surface area (Å²) in [4.78, 5) is 42.9. The van der Waals surface area contributed by atoms with E-state index in [1.807, 2.05) is 0 Å². The van der Waals surface area contributed by atoms with E-state index in [0.717, 1.165) is 86.2 Å². The Morgan fingerprint density at radius 2 is 0.802 bits per heavy atom. The molecule has 106 heavy (non-hydrogen) atoms. The minimum Gasteiger partial charge on any atom is -0.390 e. The first-order valence-electron chi connectivity index (χ1n) is 37.5. The van der Waals surface area contributed by atoms with Crippen molar-refractivity contribution in [3.63, 3.8) is 0 Å². The second-order valence-corrected chi connectivity index (χ2v) is 28.7. The molecule has 3 rings (SSSR count). The molecule has 0 bridgehead atoms. The summed E-state index contributed by atoms with van der Waals surface area (Å²) in [5, 5.41) is 112. The van der Waals surface area contributed by atoms with Crippen LogP contribution in [-0.2, 0) is 33.3 Å². The van der Waals surface area contributed by atoms with Crippen molar-refractivity contribution in [3.8, 4) is 154 Å². The standard InChI is InChI=1S/C85H110N2O17S2/c1-6-10-14-18-21-24-27-30-31-32-33-34-35-36-37-38-39-40-43-46-49-52-55-59-71(90)86-66(73(92)68(89)58-54-51-48-45-42-29-26-23-20-16-12-8-3)62-102-85-79(98)77(96)75(94)70(104-85)64-106-81-80(82(99)87(83(81)100)60-56-17-13-9-4)105-63-69-74(93)76(95)78(97)84(103-69)101-61-65(5)72(91)67(88)57-53-50-47-44-41-28-25-22-19-15-11-7-2/h4,65-70,72-81,84-85,88-89,91-98H,7-8,11-13,15-17,19-20,22-23,25-26,28-29,41-42,44-45,47-48,50-51,53-54,56-58,60-64H2,1-3,5H3,(H,86,90)/t65-,66-,67+,68+,69?,70?,72-,73-,74-,75-,76-,77-,78?,79?,80?,81?,84-,85-/m0/s1. The molecule has 0 radical (unpaired) electrons. The number of rotatable bonds is 47. The highest BCUT2D eigenvalue weighted by molar-refractivity contribution is 8.04. The molecule has 3 heterocycles. The van der Waals surface area contributed by atoms with Crippen molar-refractivity contribution in [2.24, 2.45) is 5.92 Å². The summed E-state index contributed by atoms with van der Waals surface area (Å²) >= 11 is 1.86. The van der Waals surface area contributed by atoms with Gasteiger partial charge in [0.25, 0.3) is 5.91 Å². The number of amides is 3. The maximum absolute atomic E-state index is 14.3. The zero-order valence-corrected chi connectivity index (χ0v) is 63.7. The summed E-state index contributed by atoms with van der Waals surface area (Å²) in [5.41, 5.74) is 0. The van der Waals surface area contributed by atoms with Gasteiger partial charge in [-0.3, -0.25) is 19.3 Å². The van der Waals surface area contributed by atoms with Gasteiger partial charge in [-0.25, -0.2) is 0 Å². The molecule has 3 aliphatic rings. The lowest BCUT2D eigenvalue weighted by molar-refractivity contribution is -0.295. The van der Waals surface area contributed by atoms with Gasteiger partial charge < -0.3 is 75.3 Å². The number of aliphatic hydroxyl groups is 10. The third-order valence-electron chi connectivity index (χ3n) is 17.8. The van der Waals surface area contributed by atoms with Crippen molar-refractivity contribution < 1.29 is 84.4 Å². The largest absolute Gasteiger partial charge is 0.390 e. The minimum absolute atomic E-state index is 0.0221. The first-order chi connectivity index (χ1) is 51.4. The third kappa shape index (κ3) is 38.7. The fourth-order valence-corrected chi connectivity index (χ4v) is 14.6. The van der Waals surface area contributed by atoms with Crippen molar-refractivity contribution >= 4 is 41.2 Å². The summed E-state index contributed by atoms with van der Waals surface area (Å²) in [6, 6.07) is -1.39. The lowest BCUT2D eigenvalue weighted by Gasteiger charge is -2.41. The van der Waals surface area contributed by atoms with Crippen LogP contribution in [0.4, 0.5) is 0 Å². The Kier molecular flexibility index (Phi) is 51.9. The summed E-state index contributed by atoms with van der Waals surface area (Å²) in [6.07, 6.45) is 12.5. The zero-order chi connectivity index (χ0) is 77.4. The highest BCUT2D eigenvalue weighted by atomic mass is 32.2. The van der Waals surface area contributed by atoms with E-state index in [0.29, 0.717) is 32.1 Å². The van der Waals surface area contributed by atoms with Crippen molar-refractivity contribution in [1.29, 1.82) is 0 Å². The molecular formula is C85H110N2O17S2. The first-order valence-corrected chi connectivity index (χ1v) is 39.6. The Morgan fingerprint density at radius 1 is 0.462 bits per heavy atom. The number of carbonyl (C=O) groups is 3. The van der Waals surface area contributed by atoms with E-state index >= 15 is 0 Å². The van der Waals surface area contributed by atoms with Crippen LogP contribution in [-0.4, -0.2) is 207 Å². The van der Waals surface area contributed by atoms with Gasteiger partial charge >= 0.3 is 0 Å². The summed E-state index contributed by atoms with van der Waals surface area (Å²) in [6.45, 7) is 6.95. The summed E-state index contributed by atoms with van der Waals surface area (Å²) in [7, 11) is 0. The molecule has 0 aliphatic carbocycles. The molecule has 18 atom stereocenters. The van der Waals surface area contributed by atoms with Crippen LogP contribution in [0.1, 0.15) is 214 Å². The number of terminal acetylenes is 1. The number of nitrogens with one attached hydrogen (secondary N) is 1. The topological polar surface area (TPSA) is 306 Å². The second kappa shape index (κ2) is 59.0. The van der Waals surface area contributed by atoms with Crippen LogP contribution >= 0.6 is 23.5 Å². The molecular weight excluding hydrogens is 1390 g/mol. The average molecular weight is 1500 g/mol. The fraction of sp³-hybridized carbons (Fsp3) is 0.659. The van der Waals surface area contributed by atoms with Gasteiger partial charge in [0.2, 0.25) is 11.8 Å². The molecule has 21 heteroatoms. The highest BCUT2D eigenvalue weighted by Gasteiger charge is 2.52. The number of hydrogen-bond donors (Lipinski definition) is 11. The Bertz CT molecular complexity index is 3510. The zero-order valence-electron chi connectivity index (χ0n) is 62.1. The molecule has 3 amide bonds. The molecule has 11 N–H and O–H groups in total. The molecule has 3 fully saturated rings. The molecule has 19 nitrogen and oxygen atoms in total. The highest BCUT2D eigenvalue weighted by Crippen LogP contribution is 2.38. The number of unbranched alkanes of at least 4 members (excludes halogenated alkanes) is 24. The Hall–Kier alpha value is -6.97. The number of carbonyl (C=O) groups excluding carboxylic acids is 3. The van der Waals surface area contributed by atoms with Crippen molar-refractivity contribution in [1.82, 2.24) is 10.2 Å². The number of nitrogens with zero attached hydrogens (tertiary/aromatic N) is 1. The fourth-order valence-electron chi connectivity index (χ4n) is 11.6. The molecule has 0 aromatic heterocycles. The van der Waals surface area contributed by atoms with Gasteiger partial charge in [-0.2, -0.15) is 0 Å². The van der Waals surface area contributed by atoms with Crippen LogP contribution in [0.2, 0.25) is 0 Å². The summed E-state index contributed by atoms with van der Waals surface area (Å²) in [5.74, 6) is 58.9. The van der Waals surface area contributed by atoms with Crippen LogP contribution in [0.3, 0.4) is 0 Å². The number of likely N-dealkylation sites (tertiary alicyclic amines) is 1. The van der Waals surface area contributed by atoms with Crippen LogP contribution in [0.15, 0.2) is 0 Å². The molecule has 3 saturated heterocycles. The Morgan fingerprint density at radius 3 is 1.17 bits per heavy atom. The van der Waals surface area contributed by atoms with E-state index in [4.69, 9.17) is 25.4 Å². The van der Waals surface area contributed by atoms with Gasteiger partial charge in [0.1, 0.15) is 53.2 Å².